The molecule has 3 aromatic rings. The molecule has 1 fully saturated rings. The Hall–Kier alpha value is -3.05. The van der Waals surface area contributed by atoms with Crippen molar-refractivity contribution in [3.63, 3.8) is 0 Å². The lowest BCUT2D eigenvalue weighted by Gasteiger charge is -2.38. The minimum atomic E-state index is -1.05. The summed E-state index contributed by atoms with van der Waals surface area (Å²) in [6.07, 6.45) is 7.46. The van der Waals surface area contributed by atoms with Crippen LogP contribution in [0.25, 0.3) is 11.1 Å². The maximum absolute atomic E-state index is 10.1. The molecule has 1 saturated carbocycles. The van der Waals surface area contributed by atoms with E-state index in [0.29, 0.717) is 0 Å². The van der Waals surface area contributed by atoms with Crippen LogP contribution in [0.5, 0.6) is 0 Å². The van der Waals surface area contributed by atoms with Gasteiger partial charge in [0.15, 0.2) is 5.69 Å². The van der Waals surface area contributed by atoms with Crippen LogP contribution < -0.4 is 5.73 Å². The number of carboxylic acid groups (broad SMARTS) is 1. The number of aromatic carboxylic acids is 1. The number of hydrogen-bond donors (Lipinski definition) is 2. The Morgan fingerprint density at radius 2 is 1.62 bits per heavy atom. The highest BCUT2D eigenvalue weighted by molar-refractivity contribution is 5.84. The molecule has 0 atom stereocenters. The van der Waals surface area contributed by atoms with Crippen molar-refractivity contribution in [2.75, 3.05) is 0 Å². The van der Waals surface area contributed by atoms with E-state index in [0.717, 1.165) is 12.8 Å². The molecule has 3 N–H and O–H groups in total. The average molecular weight is 347 g/mol. The summed E-state index contributed by atoms with van der Waals surface area (Å²) < 4.78 is 0. The Labute approximate surface area is 152 Å². The van der Waals surface area contributed by atoms with Crippen molar-refractivity contribution in [1.29, 1.82) is 0 Å². The fourth-order valence-electron chi connectivity index (χ4n) is 2.88. The molecule has 1 aliphatic rings. The van der Waals surface area contributed by atoms with Gasteiger partial charge in [0.2, 0.25) is 0 Å². The van der Waals surface area contributed by atoms with Crippen molar-refractivity contribution in [2.24, 2.45) is 5.73 Å². The number of hydrogen-bond acceptors (Lipinski definition) is 4. The third kappa shape index (κ3) is 4.13. The SMILES string of the molecule is NC1(c2ccc(-c3ccccc3)cc2)CCC1.O=C(O)c1cnccn1. The van der Waals surface area contributed by atoms with Crippen molar-refractivity contribution in [2.45, 2.75) is 24.8 Å². The van der Waals surface area contributed by atoms with E-state index in [1.54, 1.807) is 0 Å². The molecule has 0 bridgehead atoms. The molecular formula is C21H21N3O2. The Balaban J connectivity index is 0.000000185. The summed E-state index contributed by atoms with van der Waals surface area (Å²) in [5.74, 6) is -1.05. The first kappa shape index (κ1) is 17.8. The van der Waals surface area contributed by atoms with Crippen molar-refractivity contribution in [3.05, 3.63) is 84.4 Å². The van der Waals surface area contributed by atoms with Gasteiger partial charge in [-0.15, -0.1) is 0 Å². The molecule has 1 aromatic heterocycles. The molecule has 0 radical (unpaired) electrons. The van der Waals surface area contributed by atoms with Crippen LogP contribution in [0.2, 0.25) is 0 Å². The van der Waals surface area contributed by atoms with Gasteiger partial charge >= 0.3 is 5.97 Å². The minimum absolute atomic E-state index is 0.0301. The first-order chi connectivity index (χ1) is 12.6. The lowest BCUT2D eigenvalue weighted by Crippen LogP contribution is -2.43. The molecule has 5 nitrogen and oxygen atoms in total. The second-order valence-electron chi connectivity index (χ2n) is 6.35. The lowest BCUT2D eigenvalue weighted by atomic mass is 9.72. The first-order valence-electron chi connectivity index (χ1n) is 8.53. The molecule has 0 unspecified atom stereocenters. The molecule has 0 spiro atoms. The fourth-order valence-corrected chi connectivity index (χ4v) is 2.88. The molecule has 5 heteroatoms. The van der Waals surface area contributed by atoms with Crippen LogP contribution >= 0.6 is 0 Å². The van der Waals surface area contributed by atoms with Crippen LogP contribution in [0, 0.1) is 0 Å². The van der Waals surface area contributed by atoms with Gasteiger partial charge in [0, 0.05) is 17.9 Å². The highest BCUT2D eigenvalue weighted by Gasteiger charge is 2.33. The number of carbonyl (C=O) groups is 1. The molecule has 0 saturated heterocycles. The van der Waals surface area contributed by atoms with E-state index < -0.39 is 5.97 Å². The van der Waals surface area contributed by atoms with Gasteiger partial charge in [0.1, 0.15) is 0 Å². The van der Waals surface area contributed by atoms with Crippen LogP contribution in [0.4, 0.5) is 0 Å². The summed E-state index contributed by atoms with van der Waals surface area (Å²) in [5, 5.41) is 8.28. The molecule has 4 rings (SSSR count). The van der Waals surface area contributed by atoms with Gasteiger partial charge in [-0.1, -0.05) is 54.6 Å². The molecular weight excluding hydrogens is 326 g/mol. The third-order valence-corrected chi connectivity index (χ3v) is 4.60. The summed E-state index contributed by atoms with van der Waals surface area (Å²) in [6.45, 7) is 0. The molecule has 0 amide bonds. The smallest absolute Gasteiger partial charge is 0.356 e. The number of rotatable bonds is 3. The number of benzene rings is 2. The lowest BCUT2D eigenvalue weighted by molar-refractivity contribution is 0.0690. The van der Waals surface area contributed by atoms with Crippen LogP contribution in [0.3, 0.4) is 0 Å². The van der Waals surface area contributed by atoms with Gasteiger partial charge in [-0.3, -0.25) is 4.98 Å². The van der Waals surface area contributed by atoms with Crippen molar-refractivity contribution < 1.29 is 9.90 Å². The van der Waals surface area contributed by atoms with Crippen molar-refractivity contribution >= 4 is 5.97 Å². The van der Waals surface area contributed by atoms with Gasteiger partial charge < -0.3 is 10.8 Å². The van der Waals surface area contributed by atoms with Crippen molar-refractivity contribution in [3.8, 4) is 11.1 Å². The van der Waals surface area contributed by atoms with E-state index in [2.05, 4.69) is 58.5 Å². The van der Waals surface area contributed by atoms with Crippen LogP contribution in [-0.2, 0) is 5.54 Å². The second-order valence-corrected chi connectivity index (χ2v) is 6.35. The predicted molar refractivity (Wildman–Crippen MR) is 101 cm³/mol. The summed E-state index contributed by atoms with van der Waals surface area (Å²) in [5.41, 5.74) is 10.0. The molecule has 1 aliphatic carbocycles. The van der Waals surface area contributed by atoms with E-state index in [1.165, 1.54) is 41.7 Å². The van der Waals surface area contributed by atoms with Gasteiger partial charge in [-0.2, -0.15) is 0 Å². The predicted octanol–water partition coefficient (Wildman–Crippen LogP) is 3.87. The zero-order valence-electron chi connectivity index (χ0n) is 14.4. The van der Waals surface area contributed by atoms with Crippen molar-refractivity contribution in [1.82, 2.24) is 9.97 Å². The maximum Gasteiger partial charge on any atom is 0.356 e. The van der Waals surface area contributed by atoms with E-state index in [-0.39, 0.29) is 11.2 Å². The number of nitrogens with two attached hydrogens (primary N) is 1. The molecule has 1 heterocycles. The van der Waals surface area contributed by atoms with Crippen LogP contribution in [-0.4, -0.2) is 21.0 Å². The first-order valence-corrected chi connectivity index (χ1v) is 8.53. The molecule has 2 aromatic carbocycles. The summed E-state index contributed by atoms with van der Waals surface area (Å²) in [4.78, 5) is 17.2. The van der Waals surface area contributed by atoms with Gasteiger partial charge in [-0.05, 0) is 36.0 Å². The van der Waals surface area contributed by atoms with Gasteiger partial charge in [-0.25, -0.2) is 9.78 Å². The Bertz CT molecular complexity index is 845. The highest BCUT2D eigenvalue weighted by Crippen LogP contribution is 2.39. The van der Waals surface area contributed by atoms with Gasteiger partial charge in [0.25, 0.3) is 0 Å². The van der Waals surface area contributed by atoms with Crippen LogP contribution in [0.1, 0.15) is 35.3 Å². The average Bonchev–Trinajstić information content (AvgIpc) is 2.68. The summed E-state index contributed by atoms with van der Waals surface area (Å²) in [7, 11) is 0. The fraction of sp³-hybridized carbons (Fsp3) is 0.190. The third-order valence-electron chi connectivity index (χ3n) is 4.60. The van der Waals surface area contributed by atoms with E-state index in [1.807, 2.05) is 6.07 Å². The Morgan fingerprint density at radius 3 is 2.08 bits per heavy atom. The topological polar surface area (TPSA) is 89.1 Å². The molecule has 0 aliphatic heterocycles. The van der Waals surface area contributed by atoms with E-state index in [4.69, 9.17) is 10.8 Å². The highest BCUT2D eigenvalue weighted by atomic mass is 16.4. The number of nitrogens with zero attached hydrogens (tertiary/aromatic N) is 2. The van der Waals surface area contributed by atoms with E-state index in [9.17, 15) is 4.79 Å². The number of carboxylic acids is 1. The molecule has 132 valence electrons. The number of aromatic nitrogens is 2. The van der Waals surface area contributed by atoms with Crippen LogP contribution in [0.15, 0.2) is 73.2 Å². The summed E-state index contributed by atoms with van der Waals surface area (Å²) >= 11 is 0. The zero-order valence-corrected chi connectivity index (χ0v) is 14.4. The van der Waals surface area contributed by atoms with E-state index >= 15 is 0 Å². The maximum atomic E-state index is 10.1. The quantitative estimate of drug-likeness (QED) is 0.751. The summed E-state index contributed by atoms with van der Waals surface area (Å²) in [6, 6.07) is 19.2. The Morgan fingerprint density at radius 1 is 0.962 bits per heavy atom. The largest absolute Gasteiger partial charge is 0.476 e. The normalized spacial score (nSPS) is 14.5. The Kier molecular flexibility index (Phi) is 5.39. The van der Waals surface area contributed by atoms with Gasteiger partial charge in [0.05, 0.1) is 6.20 Å². The monoisotopic (exact) mass is 347 g/mol. The molecule has 26 heavy (non-hydrogen) atoms. The standard InChI is InChI=1S/C16H17N.C5H4N2O2/c17-16(11-4-12-16)15-9-7-14(8-10-15)13-5-2-1-3-6-13;8-5(9)4-3-6-1-2-7-4/h1-3,5-10H,4,11-12,17H2;1-3H,(H,8,9). The zero-order chi connectivity index (χ0) is 18.4. The minimum Gasteiger partial charge on any atom is -0.476 e. The second kappa shape index (κ2) is 7.89.